The zero-order valence-corrected chi connectivity index (χ0v) is 12.7. The van der Waals surface area contributed by atoms with Gasteiger partial charge in [-0.25, -0.2) is 4.39 Å². The predicted molar refractivity (Wildman–Crippen MR) is 84.1 cm³/mol. The van der Waals surface area contributed by atoms with Crippen LogP contribution in [0.1, 0.15) is 23.7 Å². The fourth-order valence-corrected chi connectivity index (χ4v) is 2.21. The SMILES string of the molecule is O=C(CC(O)c1ccc(Cl)cc1)NCCc1ccccc1F. The molecular formula is C17H17ClFNO2. The molecule has 0 saturated carbocycles. The highest BCUT2D eigenvalue weighted by Crippen LogP contribution is 2.18. The topological polar surface area (TPSA) is 49.3 Å². The van der Waals surface area contributed by atoms with Crippen LogP contribution in [0.25, 0.3) is 0 Å². The average Bonchev–Trinajstić information content (AvgIpc) is 2.50. The number of nitrogens with one attached hydrogen (secondary N) is 1. The van der Waals surface area contributed by atoms with Crippen LogP contribution in [-0.2, 0) is 11.2 Å². The Labute approximate surface area is 133 Å². The van der Waals surface area contributed by atoms with Crippen molar-refractivity contribution in [3.63, 3.8) is 0 Å². The Kier molecular flexibility index (Phi) is 5.92. The van der Waals surface area contributed by atoms with Gasteiger partial charge in [0.25, 0.3) is 0 Å². The zero-order chi connectivity index (χ0) is 15.9. The lowest BCUT2D eigenvalue weighted by Gasteiger charge is -2.11. The maximum atomic E-state index is 13.4. The van der Waals surface area contributed by atoms with Gasteiger partial charge in [0.2, 0.25) is 5.91 Å². The molecule has 0 fully saturated rings. The monoisotopic (exact) mass is 321 g/mol. The lowest BCUT2D eigenvalue weighted by Crippen LogP contribution is -2.27. The fraction of sp³-hybridized carbons (Fsp3) is 0.235. The Balaban J connectivity index is 1.78. The molecule has 2 aromatic rings. The molecule has 2 N–H and O–H groups in total. The van der Waals surface area contributed by atoms with Gasteiger partial charge in [-0.05, 0) is 35.7 Å². The number of benzene rings is 2. The van der Waals surface area contributed by atoms with Crippen LogP contribution in [0.2, 0.25) is 5.02 Å². The first-order valence-corrected chi connectivity index (χ1v) is 7.37. The summed E-state index contributed by atoms with van der Waals surface area (Å²) in [7, 11) is 0. The van der Waals surface area contributed by atoms with Crippen molar-refractivity contribution in [1.82, 2.24) is 5.32 Å². The van der Waals surface area contributed by atoms with E-state index in [1.807, 2.05) is 0 Å². The van der Waals surface area contributed by atoms with Gasteiger partial charge in [-0.1, -0.05) is 41.9 Å². The van der Waals surface area contributed by atoms with Crippen LogP contribution >= 0.6 is 11.6 Å². The quantitative estimate of drug-likeness (QED) is 0.858. The Morgan fingerprint density at radius 2 is 1.86 bits per heavy atom. The average molecular weight is 322 g/mol. The number of hydrogen-bond acceptors (Lipinski definition) is 2. The molecule has 116 valence electrons. The van der Waals surface area contributed by atoms with Crippen molar-refractivity contribution < 1.29 is 14.3 Å². The molecular weight excluding hydrogens is 305 g/mol. The highest BCUT2D eigenvalue weighted by Gasteiger charge is 2.12. The summed E-state index contributed by atoms with van der Waals surface area (Å²) >= 11 is 5.77. The molecule has 0 bridgehead atoms. The van der Waals surface area contributed by atoms with Crippen molar-refractivity contribution >= 4 is 17.5 Å². The number of aliphatic hydroxyl groups excluding tert-OH is 1. The maximum Gasteiger partial charge on any atom is 0.222 e. The van der Waals surface area contributed by atoms with Crippen LogP contribution in [0, 0.1) is 5.82 Å². The van der Waals surface area contributed by atoms with Crippen LogP contribution in [0.15, 0.2) is 48.5 Å². The first kappa shape index (κ1) is 16.5. The number of halogens is 2. The minimum Gasteiger partial charge on any atom is -0.388 e. The van der Waals surface area contributed by atoms with E-state index in [4.69, 9.17) is 11.6 Å². The van der Waals surface area contributed by atoms with Crippen molar-refractivity contribution in [3.8, 4) is 0 Å². The largest absolute Gasteiger partial charge is 0.388 e. The van der Waals surface area contributed by atoms with Crippen molar-refractivity contribution in [2.24, 2.45) is 0 Å². The molecule has 2 aromatic carbocycles. The summed E-state index contributed by atoms with van der Waals surface area (Å²) in [5.41, 5.74) is 1.19. The Hall–Kier alpha value is -1.91. The molecule has 1 atom stereocenters. The second kappa shape index (κ2) is 7.92. The number of hydrogen-bond donors (Lipinski definition) is 2. The van der Waals surface area contributed by atoms with E-state index in [9.17, 15) is 14.3 Å². The number of aliphatic hydroxyl groups is 1. The Morgan fingerprint density at radius 1 is 1.18 bits per heavy atom. The van der Waals surface area contributed by atoms with Gasteiger partial charge < -0.3 is 10.4 Å². The maximum absolute atomic E-state index is 13.4. The van der Waals surface area contributed by atoms with Gasteiger partial charge >= 0.3 is 0 Å². The van der Waals surface area contributed by atoms with Crippen LogP contribution in [-0.4, -0.2) is 17.6 Å². The number of carbonyl (C=O) groups excluding carboxylic acids is 1. The van der Waals surface area contributed by atoms with Crippen LogP contribution < -0.4 is 5.32 Å². The van der Waals surface area contributed by atoms with E-state index in [-0.39, 0.29) is 18.1 Å². The molecule has 1 amide bonds. The predicted octanol–water partition coefficient (Wildman–Crippen LogP) is 3.26. The first-order chi connectivity index (χ1) is 10.6. The van der Waals surface area contributed by atoms with E-state index in [1.54, 1.807) is 42.5 Å². The first-order valence-electron chi connectivity index (χ1n) is 7.00. The molecule has 0 aliphatic carbocycles. The highest BCUT2D eigenvalue weighted by atomic mass is 35.5. The summed E-state index contributed by atoms with van der Waals surface area (Å²) in [5.74, 6) is -0.559. The van der Waals surface area contributed by atoms with E-state index in [1.165, 1.54) is 6.07 Å². The summed E-state index contributed by atoms with van der Waals surface area (Å²) < 4.78 is 13.4. The third kappa shape index (κ3) is 4.83. The van der Waals surface area contributed by atoms with Crippen molar-refractivity contribution in [1.29, 1.82) is 0 Å². The van der Waals surface area contributed by atoms with Gasteiger partial charge in [0.1, 0.15) is 5.82 Å². The van der Waals surface area contributed by atoms with E-state index in [0.717, 1.165) is 0 Å². The van der Waals surface area contributed by atoms with E-state index < -0.39 is 6.10 Å². The summed E-state index contributed by atoms with van der Waals surface area (Å²) in [5, 5.41) is 13.2. The second-order valence-corrected chi connectivity index (χ2v) is 5.40. The highest BCUT2D eigenvalue weighted by molar-refractivity contribution is 6.30. The standard InChI is InChI=1S/C17H17ClFNO2/c18-14-7-5-13(6-8-14)16(21)11-17(22)20-10-9-12-3-1-2-4-15(12)19/h1-8,16,21H,9-11H2,(H,20,22). The van der Waals surface area contributed by atoms with Crippen LogP contribution in [0.5, 0.6) is 0 Å². The van der Waals surface area contributed by atoms with E-state index in [2.05, 4.69) is 5.32 Å². The lowest BCUT2D eigenvalue weighted by atomic mass is 10.1. The molecule has 0 saturated heterocycles. The van der Waals surface area contributed by atoms with Crippen molar-refractivity contribution in [3.05, 3.63) is 70.5 Å². The molecule has 2 rings (SSSR count). The summed E-state index contributed by atoms with van der Waals surface area (Å²) in [6, 6.07) is 13.1. The molecule has 0 radical (unpaired) electrons. The number of rotatable bonds is 6. The minimum absolute atomic E-state index is 0.0428. The summed E-state index contributed by atoms with van der Waals surface area (Å²) in [6.07, 6.45) is -0.514. The third-order valence-electron chi connectivity index (χ3n) is 3.31. The number of carbonyl (C=O) groups is 1. The molecule has 1 unspecified atom stereocenters. The number of amides is 1. The van der Waals surface area contributed by atoms with Crippen LogP contribution in [0.3, 0.4) is 0 Å². The van der Waals surface area contributed by atoms with Crippen LogP contribution in [0.4, 0.5) is 4.39 Å². The lowest BCUT2D eigenvalue weighted by molar-refractivity contribution is -0.123. The smallest absolute Gasteiger partial charge is 0.222 e. The summed E-state index contributed by atoms with van der Waals surface area (Å²) in [6.45, 7) is 0.326. The molecule has 0 heterocycles. The molecule has 0 spiro atoms. The molecule has 0 aromatic heterocycles. The normalized spacial score (nSPS) is 12.0. The van der Waals surface area contributed by atoms with Gasteiger partial charge in [0.15, 0.2) is 0 Å². The van der Waals surface area contributed by atoms with Gasteiger partial charge in [-0.2, -0.15) is 0 Å². The van der Waals surface area contributed by atoms with E-state index in [0.29, 0.717) is 29.1 Å². The molecule has 0 aliphatic rings. The Morgan fingerprint density at radius 3 is 2.55 bits per heavy atom. The Bertz CT molecular complexity index is 631. The second-order valence-electron chi connectivity index (χ2n) is 4.96. The van der Waals surface area contributed by atoms with Gasteiger partial charge in [-0.15, -0.1) is 0 Å². The molecule has 22 heavy (non-hydrogen) atoms. The molecule has 5 heteroatoms. The third-order valence-corrected chi connectivity index (χ3v) is 3.56. The zero-order valence-electron chi connectivity index (χ0n) is 11.9. The molecule has 0 aliphatic heterocycles. The van der Waals surface area contributed by atoms with Crippen molar-refractivity contribution in [2.45, 2.75) is 18.9 Å². The van der Waals surface area contributed by atoms with Gasteiger partial charge in [-0.3, -0.25) is 4.79 Å². The van der Waals surface area contributed by atoms with Gasteiger partial charge in [0.05, 0.1) is 12.5 Å². The molecule has 3 nitrogen and oxygen atoms in total. The van der Waals surface area contributed by atoms with E-state index >= 15 is 0 Å². The van der Waals surface area contributed by atoms with Gasteiger partial charge in [0, 0.05) is 11.6 Å². The van der Waals surface area contributed by atoms with Crippen molar-refractivity contribution in [2.75, 3.05) is 6.54 Å². The summed E-state index contributed by atoms with van der Waals surface area (Å²) in [4.78, 5) is 11.8. The fourth-order valence-electron chi connectivity index (χ4n) is 2.09. The minimum atomic E-state index is -0.884.